The van der Waals surface area contributed by atoms with Crippen molar-refractivity contribution in [1.82, 2.24) is 0 Å². The lowest BCUT2D eigenvalue weighted by atomic mass is 9.62. The lowest BCUT2D eigenvalue weighted by Gasteiger charge is -2.51. The van der Waals surface area contributed by atoms with Crippen molar-refractivity contribution in [3.05, 3.63) is 12.2 Å². The predicted molar refractivity (Wildman–Crippen MR) is 59.2 cm³/mol. The van der Waals surface area contributed by atoms with Crippen molar-refractivity contribution in [1.29, 1.82) is 0 Å². The van der Waals surface area contributed by atoms with Gasteiger partial charge in [0.15, 0.2) is 0 Å². The van der Waals surface area contributed by atoms with Crippen molar-refractivity contribution >= 4 is 0 Å². The molecule has 80 valence electrons. The fourth-order valence-corrected chi connectivity index (χ4v) is 3.32. The van der Waals surface area contributed by atoms with Gasteiger partial charge in [-0.05, 0) is 44.4 Å². The first-order valence-corrected chi connectivity index (χ1v) is 5.79. The van der Waals surface area contributed by atoms with Gasteiger partial charge in [-0.3, -0.25) is 0 Å². The van der Waals surface area contributed by atoms with Crippen molar-refractivity contribution in [3.8, 4) is 0 Å². The van der Waals surface area contributed by atoms with Gasteiger partial charge in [-0.1, -0.05) is 26.0 Å². The maximum Gasteiger partial charge on any atom is 0.0871 e. The Kier molecular flexibility index (Phi) is 2.26. The van der Waals surface area contributed by atoms with Crippen LogP contribution in [0.2, 0.25) is 0 Å². The van der Waals surface area contributed by atoms with E-state index in [2.05, 4.69) is 39.8 Å². The number of hydrogen-bond acceptors (Lipinski definition) is 1. The Hall–Kier alpha value is -0.300. The third-order valence-electron chi connectivity index (χ3n) is 4.04. The highest BCUT2D eigenvalue weighted by atomic mass is 16.5. The minimum Gasteiger partial charge on any atom is -0.368 e. The number of allylic oxidation sites excluding steroid dienone is 1. The van der Waals surface area contributed by atoms with Gasteiger partial charge in [-0.15, -0.1) is 0 Å². The second kappa shape index (κ2) is 3.10. The van der Waals surface area contributed by atoms with Crippen LogP contribution in [0.3, 0.4) is 0 Å². The Labute approximate surface area is 87.5 Å². The van der Waals surface area contributed by atoms with Crippen LogP contribution in [0.4, 0.5) is 0 Å². The molecular formula is C13H22O. The molecule has 0 amide bonds. The molecular weight excluding hydrogens is 172 g/mol. The van der Waals surface area contributed by atoms with E-state index in [1.807, 2.05) is 0 Å². The van der Waals surface area contributed by atoms with Crippen molar-refractivity contribution in [3.63, 3.8) is 0 Å². The summed E-state index contributed by atoms with van der Waals surface area (Å²) < 4.78 is 6.13. The van der Waals surface area contributed by atoms with E-state index in [-0.39, 0.29) is 5.60 Å². The number of fused-ring (bicyclic) bond motifs is 1. The molecule has 1 saturated heterocycles. The van der Waals surface area contributed by atoms with Crippen molar-refractivity contribution in [2.75, 3.05) is 0 Å². The Morgan fingerprint density at radius 1 is 1.21 bits per heavy atom. The molecule has 0 aromatic carbocycles. The third-order valence-corrected chi connectivity index (χ3v) is 4.04. The first-order valence-electron chi connectivity index (χ1n) is 5.79. The summed E-state index contributed by atoms with van der Waals surface area (Å²) in [7, 11) is 0. The zero-order valence-electron chi connectivity index (χ0n) is 9.84. The zero-order valence-corrected chi connectivity index (χ0v) is 9.84. The van der Waals surface area contributed by atoms with Crippen LogP contribution in [0.5, 0.6) is 0 Å². The fraction of sp³-hybridized carbons (Fsp3) is 0.846. The molecule has 1 heterocycles. The Bertz CT molecular complexity index is 254. The van der Waals surface area contributed by atoms with E-state index in [1.54, 1.807) is 0 Å². The molecule has 0 N–H and O–H groups in total. The predicted octanol–water partition coefficient (Wildman–Crippen LogP) is 3.55. The SMILES string of the molecule is C[C@@H]1CC[C@H]2C(C)(C)CC=C[C@]2(C)O1. The molecule has 14 heavy (non-hydrogen) atoms. The molecule has 0 unspecified atom stereocenters. The molecule has 1 fully saturated rings. The highest BCUT2D eigenvalue weighted by Crippen LogP contribution is 2.49. The maximum atomic E-state index is 6.13. The smallest absolute Gasteiger partial charge is 0.0871 e. The van der Waals surface area contributed by atoms with Gasteiger partial charge < -0.3 is 4.74 Å². The van der Waals surface area contributed by atoms with Crippen LogP contribution in [0.25, 0.3) is 0 Å². The molecule has 1 nitrogen and oxygen atoms in total. The van der Waals surface area contributed by atoms with E-state index in [4.69, 9.17) is 4.74 Å². The third kappa shape index (κ3) is 1.52. The van der Waals surface area contributed by atoms with Gasteiger partial charge >= 0.3 is 0 Å². The van der Waals surface area contributed by atoms with Crippen molar-refractivity contribution < 1.29 is 4.74 Å². The van der Waals surface area contributed by atoms with E-state index >= 15 is 0 Å². The average Bonchev–Trinajstić information content (AvgIpc) is 2.00. The topological polar surface area (TPSA) is 9.23 Å². The van der Waals surface area contributed by atoms with Gasteiger partial charge in [-0.2, -0.15) is 0 Å². The number of rotatable bonds is 0. The summed E-state index contributed by atoms with van der Waals surface area (Å²) in [6.07, 6.45) is 8.75. The molecule has 3 atom stereocenters. The summed E-state index contributed by atoms with van der Waals surface area (Å²) in [5.74, 6) is 0.691. The molecule has 0 bridgehead atoms. The molecule has 0 spiro atoms. The average molecular weight is 194 g/mol. The van der Waals surface area contributed by atoms with Crippen LogP contribution >= 0.6 is 0 Å². The molecule has 2 aliphatic rings. The Morgan fingerprint density at radius 3 is 2.64 bits per heavy atom. The summed E-state index contributed by atoms with van der Waals surface area (Å²) in [5, 5.41) is 0. The minimum absolute atomic E-state index is 0.000579. The van der Waals surface area contributed by atoms with Crippen molar-refractivity contribution in [2.24, 2.45) is 11.3 Å². The summed E-state index contributed by atoms with van der Waals surface area (Å²) in [6, 6.07) is 0. The fourth-order valence-electron chi connectivity index (χ4n) is 3.32. The van der Waals surface area contributed by atoms with Crippen LogP contribution in [-0.4, -0.2) is 11.7 Å². The van der Waals surface area contributed by atoms with Crippen LogP contribution < -0.4 is 0 Å². The number of hydrogen-bond donors (Lipinski definition) is 0. The molecule has 1 aliphatic carbocycles. The molecule has 0 aromatic rings. The molecule has 1 aliphatic heterocycles. The maximum absolute atomic E-state index is 6.13. The summed E-state index contributed by atoms with van der Waals surface area (Å²) >= 11 is 0. The molecule has 0 radical (unpaired) electrons. The second-order valence-corrected chi connectivity index (χ2v) is 5.84. The molecule has 0 saturated carbocycles. The van der Waals surface area contributed by atoms with Gasteiger partial charge in [0, 0.05) is 0 Å². The lowest BCUT2D eigenvalue weighted by molar-refractivity contribution is -0.150. The monoisotopic (exact) mass is 194 g/mol. The lowest BCUT2D eigenvalue weighted by Crippen LogP contribution is -2.51. The van der Waals surface area contributed by atoms with E-state index in [0.717, 1.165) is 0 Å². The summed E-state index contributed by atoms with van der Waals surface area (Å²) in [4.78, 5) is 0. The van der Waals surface area contributed by atoms with Crippen molar-refractivity contribution in [2.45, 2.75) is 58.7 Å². The summed E-state index contributed by atoms with van der Waals surface area (Å²) in [5.41, 5.74) is 0.406. The quantitative estimate of drug-likeness (QED) is 0.536. The minimum atomic E-state index is -0.000579. The summed E-state index contributed by atoms with van der Waals surface area (Å²) in [6.45, 7) is 9.19. The van der Waals surface area contributed by atoms with Gasteiger partial charge in [0.2, 0.25) is 0 Å². The largest absolute Gasteiger partial charge is 0.368 e. The second-order valence-electron chi connectivity index (χ2n) is 5.84. The van der Waals surface area contributed by atoms with E-state index in [9.17, 15) is 0 Å². The van der Waals surface area contributed by atoms with Crippen LogP contribution in [0.1, 0.15) is 47.0 Å². The highest BCUT2D eigenvalue weighted by Gasteiger charge is 2.47. The van der Waals surface area contributed by atoms with E-state index in [0.29, 0.717) is 17.4 Å². The standard InChI is InChI=1S/C13H22O/c1-10-6-7-11-12(2,3)8-5-9-13(11,4)14-10/h5,9-11H,6-8H2,1-4H3/t10-,11+,13+/m1/s1. The molecule has 2 rings (SSSR count). The Balaban J connectivity index is 2.29. The van der Waals surface area contributed by atoms with E-state index in [1.165, 1.54) is 19.3 Å². The normalized spacial score (nSPS) is 46.0. The van der Waals surface area contributed by atoms with Gasteiger partial charge in [0.1, 0.15) is 0 Å². The van der Waals surface area contributed by atoms with Gasteiger partial charge in [0.25, 0.3) is 0 Å². The highest BCUT2D eigenvalue weighted by molar-refractivity contribution is 5.14. The zero-order chi connectivity index (χ0) is 10.4. The van der Waals surface area contributed by atoms with E-state index < -0.39 is 0 Å². The van der Waals surface area contributed by atoms with Gasteiger partial charge in [-0.25, -0.2) is 0 Å². The van der Waals surface area contributed by atoms with Crippen LogP contribution in [0, 0.1) is 11.3 Å². The van der Waals surface area contributed by atoms with Gasteiger partial charge in [0.05, 0.1) is 11.7 Å². The molecule has 0 aromatic heterocycles. The first kappa shape index (κ1) is 10.2. The first-order chi connectivity index (χ1) is 6.44. The Morgan fingerprint density at radius 2 is 1.93 bits per heavy atom. The van der Waals surface area contributed by atoms with Crippen LogP contribution in [0.15, 0.2) is 12.2 Å². The number of ether oxygens (including phenoxy) is 1. The molecule has 1 heteroatoms. The van der Waals surface area contributed by atoms with Crippen LogP contribution in [-0.2, 0) is 4.74 Å².